The molecule has 1 aliphatic heterocycles. The third-order valence-electron chi connectivity index (χ3n) is 4.86. The van der Waals surface area contributed by atoms with Gasteiger partial charge in [-0.15, -0.1) is 5.10 Å². The van der Waals surface area contributed by atoms with Crippen molar-refractivity contribution in [3.63, 3.8) is 0 Å². The topological polar surface area (TPSA) is 46.8 Å². The van der Waals surface area contributed by atoms with E-state index in [0.29, 0.717) is 5.52 Å². The molecule has 3 aromatic rings. The summed E-state index contributed by atoms with van der Waals surface area (Å²) in [5, 5.41) is 4.28. The number of halogens is 4. The van der Waals surface area contributed by atoms with Gasteiger partial charge < -0.3 is 9.64 Å². The highest BCUT2D eigenvalue weighted by atomic mass is 19.3. The summed E-state index contributed by atoms with van der Waals surface area (Å²) in [5.41, 5.74) is 0.163. The molecule has 1 unspecified atom stereocenters. The number of anilines is 1. The lowest BCUT2D eigenvalue weighted by molar-refractivity contribution is 0.0221. The molecule has 1 aliphatic rings. The Bertz CT molecular complexity index is 1080. The molecule has 1 aromatic carbocycles. The predicted molar refractivity (Wildman–Crippen MR) is 97.2 cm³/mol. The number of esters is 1. The minimum Gasteiger partial charge on any atom is -0.462 e. The van der Waals surface area contributed by atoms with Crippen LogP contribution in [-0.2, 0) is 4.74 Å². The number of carbonyl (C=O) groups excluding carboxylic acids is 1. The van der Waals surface area contributed by atoms with Crippen molar-refractivity contribution in [2.75, 3.05) is 18.1 Å². The molecule has 1 atom stereocenters. The van der Waals surface area contributed by atoms with Crippen LogP contribution in [0.2, 0.25) is 0 Å². The Kier molecular flexibility index (Phi) is 4.68. The van der Waals surface area contributed by atoms with E-state index in [9.17, 15) is 22.4 Å². The van der Waals surface area contributed by atoms with Crippen LogP contribution in [0.1, 0.15) is 35.3 Å². The van der Waals surface area contributed by atoms with Crippen LogP contribution in [0, 0.1) is 11.6 Å². The lowest BCUT2D eigenvalue weighted by Gasteiger charge is -2.25. The first kappa shape index (κ1) is 19.2. The van der Waals surface area contributed by atoms with Gasteiger partial charge in [0.05, 0.1) is 24.7 Å². The molecule has 152 valence electrons. The van der Waals surface area contributed by atoms with Crippen LogP contribution in [-0.4, -0.2) is 34.7 Å². The number of hydrogen-bond acceptors (Lipinski definition) is 4. The van der Waals surface area contributed by atoms with Gasteiger partial charge in [0, 0.05) is 18.2 Å². The fourth-order valence-electron chi connectivity index (χ4n) is 3.67. The van der Waals surface area contributed by atoms with Crippen molar-refractivity contribution < 1.29 is 27.1 Å². The average molecular weight is 407 g/mol. The van der Waals surface area contributed by atoms with Gasteiger partial charge in [-0.25, -0.2) is 26.9 Å². The molecule has 0 N–H and O–H groups in total. The summed E-state index contributed by atoms with van der Waals surface area (Å²) < 4.78 is 63.3. The minimum absolute atomic E-state index is 0.00645. The van der Waals surface area contributed by atoms with Gasteiger partial charge in [0.1, 0.15) is 17.2 Å². The van der Waals surface area contributed by atoms with E-state index in [1.165, 1.54) is 4.52 Å². The summed E-state index contributed by atoms with van der Waals surface area (Å²) in [5.74, 6) is -5.50. The molecule has 0 bridgehead atoms. The predicted octanol–water partition coefficient (Wildman–Crippen LogP) is 4.38. The molecule has 5 nitrogen and oxygen atoms in total. The van der Waals surface area contributed by atoms with E-state index in [0.717, 1.165) is 23.1 Å². The van der Waals surface area contributed by atoms with Crippen LogP contribution in [0.25, 0.3) is 5.52 Å². The van der Waals surface area contributed by atoms with Crippen molar-refractivity contribution >= 4 is 17.3 Å². The normalized spacial score (nSPS) is 18.4. The summed E-state index contributed by atoms with van der Waals surface area (Å²) in [7, 11) is 0. The number of carbonyl (C=O) groups is 1. The summed E-state index contributed by atoms with van der Waals surface area (Å²) in [6, 6.07) is 6.47. The highest BCUT2D eigenvalue weighted by Crippen LogP contribution is 2.45. The van der Waals surface area contributed by atoms with E-state index in [1.54, 1.807) is 31.3 Å². The van der Waals surface area contributed by atoms with E-state index in [2.05, 4.69) is 5.10 Å². The summed E-state index contributed by atoms with van der Waals surface area (Å²) in [4.78, 5) is 13.7. The van der Waals surface area contributed by atoms with Crippen molar-refractivity contribution in [3.05, 3.63) is 65.4 Å². The van der Waals surface area contributed by atoms with Gasteiger partial charge >= 0.3 is 5.97 Å². The Morgan fingerprint density at radius 3 is 2.83 bits per heavy atom. The molecule has 2 aromatic heterocycles. The zero-order valence-electron chi connectivity index (χ0n) is 15.4. The quantitative estimate of drug-likeness (QED) is 0.476. The Morgan fingerprint density at radius 1 is 1.28 bits per heavy atom. The monoisotopic (exact) mass is 407 g/mol. The fourth-order valence-corrected chi connectivity index (χ4v) is 3.67. The molecule has 0 saturated carbocycles. The lowest BCUT2D eigenvalue weighted by atomic mass is 10.0. The molecule has 0 amide bonds. The number of pyridine rings is 1. The second kappa shape index (κ2) is 7.06. The number of benzene rings is 1. The van der Waals surface area contributed by atoms with Crippen molar-refractivity contribution in [2.24, 2.45) is 0 Å². The molecule has 3 heterocycles. The van der Waals surface area contributed by atoms with Crippen molar-refractivity contribution in [3.8, 4) is 0 Å². The number of alkyl halides is 2. The number of hydrogen-bond donors (Lipinski definition) is 0. The SMILES string of the molecule is CCOC(=O)c1c(N2CC(F)(F)CC2c2cc(F)ccc2F)nn2ccccc12. The molecule has 1 saturated heterocycles. The van der Waals surface area contributed by atoms with Crippen LogP contribution in [0.4, 0.5) is 23.4 Å². The van der Waals surface area contributed by atoms with E-state index < -0.39 is 42.5 Å². The van der Waals surface area contributed by atoms with Gasteiger partial charge in [-0.2, -0.15) is 0 Å². The maximum Gasteiger partial charge on any atom is 0.344 e. The Hall–Kier alpha value is -3.10. The molecule has 4 rings (SSSR count). The minimum atomic E-state index is -3.18. The molecule has 0 aliphatic carbocycles. The lowest BCUT2D eigenvalue weighted by Crippen LogP contribution is -2.28. The molecule has 29 heavy (non-hydrogen) atoms. The number of aromatic nitrogens is 2. The smallest absolute Gasteiger partial charge is 0.344 e. The van der Waals surface area contributed by atoms with Crippen LogP contribution >= 0.6 is 0 Å². The highest BCUT2D eigenvalue weighted by Gasteiger charge is 2.48. The van der Waals surface area contributed by atoms with Crippen LogP contribution < -0.4 is 4.90 Å². The first-order valence-corrected chi connectivity index (χ1v) is 9.04. The largest absolute Gasteiger partial charge is 0.462 e. The number of rotatable bonds is 4. The standard InChI is InChI=1S/C20H17F4N3O2/c1-2-29-19(28)17-15-5-3-4-8-27(15)25-18(17)26-11-20(23,24)10-16(26)13-9-12(21)6-7-14(13)22/h3-9,16H,2,10-11H2,1H3. The first-order chi connectivity index (χ1) is 13.8. The average Bonchev–Trinajstić information content (AvgIpc) is 3.21. The third-order valence-corrected chi connectivity index (χ3v) is 4.86. The first-order valence-electron chi connectivity index (χ1n) is 9.04. The van der Waals surface area contributed by atoms with Crippen molar-refractivity contribution in [1.29, 1.82) is 0 Å². The summed E-state index contributed by atoms with van der Waals surface area (Å²) in [6.07, 6.45) is 0.830. The fraction of sp³-hybridized carbons (Fsp3) is 0.300. The van der Waals surface area contributed by atoms with Gasteiger partial charge in [-0.05, 0) is 37.3 Å². The van der Waals surface area contributed by atoms with Gasteiger partial charge in [-0.1, -0.05) is 6.07 Å². The van der Waals surface area contributed by atoms with Gasteiger partial charge in [0.25, 0.3) is 5.92 Å². The third kappa shape index (κ3) is 3.41. The molecular weight excluding hydrogens is 390 g/mol. The van der Waals surface area contributed by atoms with Crippen molar-refractivity contribution in [1.82, 2.24) is 9.61 Å². The summed E-state index contributed by atoms with van der Waals surface area (Å²) in [6.45, 7) is 0.919. The molecule has 9 heteroatoms. The van der Waals surface area contributed by atoms with Crippen LogP contribution in [0.15, 0.2) is 42.6 Å². The van der Waals surface area contributed by atoms with Crippen LogP contribution in [0.5, 0.6) is 0 Å². The molecule has 0 radical (unpaired) electrons. The maximum atomic E-state index is 14.4. The Labute approximate surface area is 163 Å². The number of nitrogens with zero attached hydrogens (tertiary/aromatic N) is 3. The Balaban J connectivity index is 1.89. The van der Waals surface area contributed by atoms with Gasteiger partial charge in [0.15, 0.2) is 5.82 Å². The molecule has 0 spiro atoms. The second-order valence-corrected chi connectivity index (χ2v) is 6.82. The zero-order valence-corrected chi connectivity index (χ0v) is 15.4. The van der Waals surface area contributed by atoms with E-state index in [4.69, 9.17) is 4.74 Å². The number of ether oxygens (including phenoxy) is 1. The van der Waals surface area contributed by atoms with Crippen LogP contribution in [0.3, 0.4) is 0 Å². The Morgan fingerprint density at radius 2 is 2.07 bits per heavy atom. The molecule has 1 fully saturated rings. The van der Waals surface area contributed by atoms with Gasteiger partial charge in [-0.3, -0.25) is 0 Å². The van der Waals surface area contributed by atoms with E-state index in [-0.39, 0.29) is 23.6 Å². The maximum absolute atomic E-state index is 14.4. The second-order valence-electron chi connectivity index (χ2n) is 6.82. The highest BCUT2D eigenvalue weighted by molar-refractivity contribution is 6.02. The van der Waals surface area contributed by atoms with Gasteiger partial charge in [0.2, 0.25) is 0 Å². The molecular formula is C20H17F4N3O2. The zero-order chi connectivity index (χ0) is 20.8. The van der Waals surface area contributed by atoms with Crippen molar-refractivity contribution in [2.45, 2.75) is 25.3 Å². The van der Waals surface area contributed by atoms with E-state index >= 15 is 0 Å². The summed E-state index contributed by atoms with van der Waals surface area (Å²) >= 11 is 0. The van der Waals surface area contributed by atoms with E-state index in [1.807, 2.05) is 0 Å². The number of fused-ring (bicyclic) bond motifs is 1.